The number of aromatic amines is 1. The zero-order chi connectivity index (χ0) is 6.27. The van der Waals surface area contributed by atoms with E-state index in [2.05, 4.69) is 22.5 Å². The highest BCUT2D eigenvalue weighted by Crippen LogP contribution is 2.21. The van der Waals surface area contributed by atoms with Crippen LogP contribution in [0.5, 0.6) is 0 Å². The Morgan fingerprint density at radius 1 is 1.67 bits per heavy atom. The average molecular weight is 138 g/mol. The summed E-state index contributed by atoms with van der Waals surface area (Å²) >= 11 is 1.73. The smallest absolute Gasteiger partial charge is 0.0787 e. The first-order valence-corrected chi connectivity index (χ1v) is 3.63. The van der Waals surface area contributed by atoms with Gasteiger partial charge in [0.2, 0.25) is 0 Å². The van der Waals surface area contributed by atoms with Gasteiger partial charge in [-0.1, -0.05) is 0 Å². The van der Waals surface area contributed by atoms with Crippen molar-refractivity contribution in [3.05, 3.63) is 17.1 Å². The van der Waals surface area contributed by atoms with Gasteiger partial charge in [0.05, 0.1) is 16.4 Å². The third-order valence-corrected chi connectivity index (χ3v) is 2.40. The standard InChI is InChI=1S/C6H6N2S/c1-4-3-9-5-2-7-8-6(4)5/h2-3H,1H3,(H,7,8). The summed E-state index contributed by atoms with van der Waals surface area (Å²) < 4.78 is 1.24. The van der Waals surface area contributed by atoms with Crippen molar-refractivity contribution in [2.45, 2.75) is 6.92 Å². The molecule has 0 amide bonds. The number of hydrogen-bond donors (Lipinski definition) is 1. The van der Waals surface area contributed by atoms with Crippen LogP contribution >= 0.6 is 11.3 Å². The van der Waals surface area contributed by atoms with Crippen molar-refractivity contribution in [2.75, 3.05) is 0 Å². The van der Waals surface area contributed by atoms with Crippen LogP contribution in [0.25, 0.3) is 10.2 Å². The van der Waals surface area contributed by atoms with Gasteiger partial charge >= 0.3 is 0 Å². The number of nitrogens with one attached hydrogen (secondary N) is 1. The molecule has 0 fully saturated rings. The molecule has 0 aliphatic carbocycles. The SMILES string of the molecule is Cc1csc2cn[nH]c12. The van der Waals surface area contributed by atoms with Crippen LogP contribution in [0.4, 0.5) is 0 Å². The van der Waals surface area contributed by atoms with Crippen molar-refractivity contribution in [3.63, 3.8) is 0 Å². The maximum atomic E-state index is 3.91. The van der Waals surface area contributed by atoms with Crippen LogP contribution in [0.1, 0.15) is 5.56 Å². The summed E-state index contributed by atoms with van der Waals surface area (Å²) in [7, 11) is 0. The van der Waals surface area contributed by atoms with Crippen molar-refractivity contribution in [1.29, 1.82) is 0 Å². The first kappa shape index (κ1) is 4.99. The van der Waals surface area contributed by atoms with E-state index >= 15 is 0 Å². The monoisotopic (exact) mass is 138 g/mol. The van der Waals surface area contributed by atoms with Gasteiger partial charge < -0.3 is 0 Å². The molecular weight excluding hydrogens is 132 g/mol. The van der Waals surface area contributed by atoms with E-state index in [0.717, 1.165) is 0 Å². The second-order valence-electron chi connectivity index (χ2n) is 2.03. The molecule has 0 aliphatic rings. The maximum absolute atomic E-state index is 3.91. The first-order valence-electron chi connectivity index (χ1n) is 2.75. The fourth-order valence-electron chi connectivity index (χ4n) is 0.858. The highest BCUT2D eigenvalue weighted by molar-refractivity contribution is 7.17. The van der Waals surface area contributed by atoms with Crippen LogP contribution in [0.3, 0.4) is 0 Å². The van der Waals surface area contributed by atoms with E-state index in [1.54, 1.807) is 11.3 Å². The van der Waals surface area contributed by atoms with E-state index in [4.69, 9.17) is 0 Å². The van der Waals surface area contributed by atoms with Crippen molar-refractivity contribution in [1.82, 2.24) is 10.2 Å². The predicted octanol–water partition coefficient (Wildman–Crippen LogP) is 1.93. The van der Waals surface area contributed by atoms with Gasteiger partial charge in [0.25, 0.3) is 0 Å². The largest absolute Gasteiger partial charge is 0.277 e. The van der Waals surface area contributed by atoms with Gasteiger partial charge in [0.1, 0.15) is 0 Å². The van der Waals surface area contributed by atoms with E-state index in [9.17, 15) is 0 Å². The second-order valence-corrected chi connectivity index (χ2v) is 2.94. The number of rotatable bonds is 0. The van der Waals surface area contributed by atoms with Crippen molar-refractivity contribution in [3.8, 4) is 0 Å². The lowest BCUT2D eigenvalue weighted by molar-refractivity contribution is 1.11. The molecule has 1 N–H and O–H groups in total. The fraction of sp³-hybridized carbons (Fsp3) is 0.167. The van der Waals surface area contributed by atoms with Crippen molar-refractivity contribution >= 4 is 21.6 Å². The molecule has 0 unspecified atom stereocenters. The van der Waals surface area contributed by atoms with E-state index in [1.165, 1.54) is 15.8 Å². The maximum Gasteiger partial charge on any atom is 0.0787 e. The molecule has 0 atom stereocenters. The number of aryl methyl sites for hydroxylation is 1. The molecule has 2 heterocycles. The number of fused-ring (bicyclic) bond motifs is 1. The van der Waals surface area contributed by atoms with Gasteiger partial charge in [-0.05, 0) is 17.9 Å². The molecular formula is C6H6N2S. The normalized spacial score (nSPS) is 10.8. The van der Waals surface area contributed by atoms with Gasteiger partial charge in [0, 0.05) is 0 Å². The lowest BCUT2D eigenvalue weighted by Crippen LogP contribution is -1.66. The topological polar surface area (TPSA) is 28.7 Å². The molecule has 0 bridgehead atoms. The Kier molecular flexibility index (Phi) is 0.873. The lowest BCUT2D eigenvalue weighted by atomic mass is 10.3. The summed E-state index contributed by atoms with van der Waals surface area (Å²) in [5, 5.41) is 8.96. The molecule has 2 aromatic rings. The minimum Gasteiger partial charge on any atom is -0.277 e. The Morgan fingerprint density at radius 2 is 2.56 bits per heavy atom. The minimum atomic E-state index is 1.18. The summed E-state index contributed by atoms with van der Waals surface area (Å²) in [6.45, 7) is 2.08. The third-order valence-electron chi connectivity index (χ3n) is 1.36. The molecule has 0 aliphatic heterocycles. The molecule has 2 nitrogen and oxygen atoms in total. The van der Waals surface area contributed by atoms with Crippen LogP contribution in [-0.2, 0) is 0 Å². The molecule has 9 heavy (non-hydrogen) atoms. The molecule has 0 radical (unpaired) electrons. The zero-order valence-electron chi connectivity index (χ0n) is 5.01. The molecule has 0 saturated heterocycles. The minimum absolute atomic E-state index is 1.18. The Labute approximate surface area is 56.5 Å². The second kappa shape index (κ2) is 1.57. The molecule has 0 spiro atoms. The van der Waals surface area contributed by atoms with E-state index in [0.29, 0.717) is 0 Å². The van der Waals surface area contributed by atoms with Crippen LogP contribution < -0.4 is 0 Å². The van der Waals surface area contributed by atoms with Crippen LogP contribution in [-0.4, -0.2) is 10.2 Å². The Morgan fingerprint density at radius 3 is 3.33 bits per heavy atom. The molecule has 0 saturated carbocycles. The van der Waals surface area contributed by atoms with E-state index < -0.39 is 0 Å². The van der Waals surface area contributed by atoms with E-state index in [1.807, 2.05) is 6.20 Å². The first-order chi connectivity index (χ1) is 4.38. The van der Waals surface area contributed by atoms with Gasteiger partial charge in [-0.2, -0.15) is 5.10 Å². The van der Waals surface area contributed by atoms with Crippen LogP contribution in [0, 0.1) is 6.92 Å². The van der Waals surface area contributed by atoms with E-state index in [-0.39, 0.29) is 0 Å². The quantitative estimate of drug-likeness (QED) is 0.592. The Hall–Kier alpha value is -0.830. The molecule has 46 valence electrons. The summed E-state index contributed by atoms with van der Waals surface area (Å²) in [4.78, 5) is 0. The number of hydrogen-bond acceptors (Lipinski definition) is 2. The lowest BCUT2D eigenvalue weighted by Gasteiger charge is -1.76. The molecule has 2 aromatic heterocycles. The third kappa shape index (κ3) is 0.580. The molecule has 0 aromatic carbocycles. The molecule has 2 rings (SSSR count). The summed E-state index contributed by atoms with van der Waals surface area (Å²) in [6, 6.07) is 0. The highest BCUT2D eigenvalue weighted by atomic mass is 32.1. The van der Waals surface area contributed by atoms with Crippen LogP contribution in [0.15, 0.2) is 11.6 Å². The molecule has 3 heteroatoms. The van der Waals surface area contributed by atoms with Crippen molar-refractivity contribution in [2.24, 2.45) is 0 Å². The number of nitrogens with zero attached hydrogens (tertiary/aromatic N) is 1. The fourth-order valence-corrected chi connectivity index (χ4v) is 1.72. The van der Waals surface area contributed by atoms with Gasteiger partial charge in [-0.15, -0.1) is 11.3 Å². The van der Waals surface area contributed by atoms with Gasteiger partial charge in [-0.25, -0.2) is 0 Å². The predicted molar refractivity (Wildman–Crippen MR) is 38.7 cm³/mol. The van der Waals surface area contributed by atoms with Crippen molar-refractivity contribution < 1.29 is 0 Å². The summed E-state index contributed by atoms with van der Waals surface area (Å²) in [5.74, 6) is 0. The Balaban J connectivity index is 2.99. The highest BCUT2D eigenvalue weighted by Gasteiger charge is 1.98. The number of thiophene rings is 1. The average Bonchev–Trinajstić information content (AvgIpc) is 2.35. The van der Waals surface area contributed by atoms with Crippen LogP contribution in [0.2, 0.25) is 0 Å². The van der Waals surface area contributed by atoms with Gasteiger partial charge in [0.15, 0.2) is 0 Å². The van der Waals surface area contributed by atoms with Gasteiger partial charge in [-0.3, -0.25) is 5.10 Å². The summed E-state index contributed by atoms with van der Waals surface area (Å²) in [5.41, 5.74) is 2.47. The number of H-pyrrole nitrogens is 1. The zero-order valence-corrected chi connectivity index (χ0v) is 5.83. The number of aromatic nitrogens is 2. The Bertz CT molecular complexity index is 320. The summed E-state index contributed by atoms with van der Waals surface area (Å²) in [6.07, 6.45) is 1.85.